The lowest BCUT2D eigenvalue weighted by atomic mass is 10.2. The maximum atomic E-state index is 10.7. The molecule has 2 aromatic rings. The molecular weight excluding hydrogens is 266 g/mol. The van der Waals surface area contributed by atoms with Gasteiger partial charge in [0.05, 0.1) is 12.7 Å². The summed E-state index contributed by atoms with van der Waals surface area (Å²) >= 11 is 1.17. The highest BCUT2D eigenvalue weighted by atomic mass is 32.2. The number of hydrogen-bond acceptors (Lipinski definition) is 5. The molecule has 0 aliphatic rings. The van der Waals surface area contributed by atoms with Crippen LogP contribution in [0, 0.1) is 11.3 Å². The molecule has 0 saturated carbocycles. The molecule has 1 N–H and O–H groups in total. The molecule has 0 bridgehead atoms. The van der Waals surface area contributed by atoms with Crippen LogP contribution in [-0.4, -0.2) is 18.2 Å². The van der Waals surface area contributed by atoms with Gasteiger partial charge in [-0.05, 0) is 30.3 Å². The zero-order valence-corrected chi connectivity index (χ0v) is 10.7. The van der Waals surface area contributed by atoms with Crippen LogP contribution in [0.4, 0.5) is 0 Å². The second-order valence-corrected chi connectivity index (χ2v) is 4.55. The maximum Gasteiger partial charge on any atom is 0.371 e. The first kappa shape index (κ1) is 13.1. The van der Waals surface area contributed by atoms with Crippen LogP contribution in [0.15, 0.2) is 44.7 Å². The fourth-order valence-corrected chi connectivity index (χ4v) is 2.29. The first-order chi connectivity index (χ1) is 9.13. The highest BCUT2D eigenvalue weighted by Gasteiger charge is 2.12. The molecule has 0 spiro atoms. The molecule has 19 heavy (non-hydrogen) atoms. The molecular formula is C13H9NO4S. The van der Waals surface area contributed by atoms with Crippen molar-refractivity contribution in [1.29, 1.82) is 5.26 Å². The Morgan fingerprint density at radius 2 is 2.21 bits per heavy atom. The highest BCUT2D eigenvalue weighted by Crippen LogP contribution is 2.33. The van der Waals surface area contributed by atoms with Crippen molar-refractivity contribution < 1.29 is 19.1 Å². The van der Waals surface area contributed by atoms with Crippen molar-refractivity contribution in [3.05, 3.63) is 41.7 Å². The molecule has 6 heteroatoms. The fraction of sp³-hybridized carbons (Fsp3) is 0.0769. The minimum absolute atomic E-state index is 0.135. The van der Waals surface area contributed by atoms with Crippen molar-refractivity contribution in [1.82, 2.24) is 0 Å². The van der Waals surface area contributed by atoms with Gasteiger partial charge in [0, 0.05) is 4.90 Å². The van der Waals surface area contributed by atoms with E-state index in [0.29, 0.717) is 21.3 Å². The predicted octanol–water partition coefficient (Wildman–Crippen LogP) is 3.01. The van der Waals surface area contributed by atoms with E-state index in [-0.39, 0.29) is 5.76 Å². The van der Waals surface area contributed by atoms with Gasteiger partial charge in [0.1, 0.15) is 11.8 Å². The molecule has 0 atom stereocenters. The van der Waals surface area contributed by atoms with Crippen LogP contribution in [0.1, 0.15) is 16.1 Å². The van der Waals surface area contributed by atoms with E-state index in [9.17, 15) is 4.79 Å². The zero-order chi connectivity index (χ0) is 13.8. The number of benzene rings is 1. The lowest BCUT2D eigenvalue weighted by molar-refractivity contribution is 0.0656. The van der Waals surface area contributed by atoms with Crippen LogP contribution in [0.5, 0.6) is 5.75 Å². The summed E-state index contributed by atoms with van der Waals surface area (Å²) in [5.74, 6) is -0.645. The largest absolute Gasteiger partial charge is 0.497 e. The number of aromatic carboxylic acids is 1. The molecule has 0 radical (unpaired) electrons. The number of methoxy groups -OCH3 is 1. The minimum atomic E-state index is -1.13. The van der Waals surface area contributed by atoms with Gasteiger partial charge < -0.3 is 14.3 Å². The van der Waals surface area contributed by atoms with Crippen molar-refractivity contribution in [2.45, 2.75) is 9.99 Å². The van der Waals surface area contributed by atoms with Gasteiger partial charge in [-0.3, -0.25) is 0 Å². The van der Waals surface area contributed by atoms with E-state index in [1.165, 1.54) is 24.9 Å². The number of nitriles is 1. The second-order valence-electron chi connectivity index (χ2n) is 3.50. The molecule has 1 aromatic heterocycles. The SMILES string of the molecule is COc1ccc(C#N)c(Sc2ccc(C(=O)O)o2)c1. The van der Waals surface area contributed by atoms with Crippen molar-refractivity contribution in [3.63, 3.8) is 0 Å². The summed E-state index contributed by atoms with van der Waals surface area (Å²) in [4.78, 5) is 11.4. The third-order valence-electron chi connectivity index (χ3n) is 2.31. The van der Waals surface area contributed by atoms with Gasteiger partial charge in [0.25, 0.3) is 0 Å². The number of ether oxygens (including phenoxy) is 1. The molecule has 1 aromatic carbocycles. The van der Waals surface area contributed by atoms with E-state index in [2.05, 4.69) is 6.07 Å². The number of carboxylic acids is 1. The Balaban J connectivity index is 2.31. The number of nitrogens with zero attached hydrogens (tertiary/aromatic N) is 1. The van der Waals surface area contributed by atoms with Gasteiger partial charge in [-0.25, -0.2) is 4.79 Å². The Kier molecular flexibility index (Phi) is 3.78. The molecule has 0 aliphatic carbocycles. The van der Waals surface area contributed by atoms with Crippen molar-refractivity contribution in [3.8, 4) is 11.8 Å². The molecule has 0 fully saturated rings. The summed E-state index contributed by atoms with van der Waals surface area (Å²) in [5.41, 5.74) is 0.471. The number of carboxylic acid groups (broad SMARTS) is 1. The summed E-state index contributed by atoms with van der Waals surface area (Å²) in [6.07, 6.45) is 0. The third kappa shape index (κ3) is 2.89. The first-order valence-corrected chi connectivity index (χ1v) is 6.05. The van der Waals surface area contributed by atoms with Crippen LogP contribution in [0.3, 0.4) is 0 Å². The van der Waals surface area contributed by atoms with E-state index >= 15 is 0 Å². The van der Waals surface area contributed by atoms with Crippen molar-refractivity contribution >= 4 is 17.7 Å². The summed E-state index contributed by atoms with van der Waals surface area (Å²) in [7, 11) is 1.53. The summed E-state index contributed by atoms with van der Waals surface area (Å²) in [5, 5.41) is 18.2. The topological polar surface area (TPSA) is 83.5 Å². The standard InChI is InChI=1S/C13H9NO4S/c1-17-9-3-2-8(7-14)11(6-9)19-12-5-4-10(18-12)13(15)16/h2-6H,1H3,(H,15,16). The lowest BCUT2D eigenvalue weighted by Crippen LogP contribution is -1.91. The predicted molar refractivity (Wildman–Crippen MR) is 67.5 cm³/mol. The smallest absolute Gasteiger partial charge is 0.371 e. The van der Waals surface area contributed by atoms with Crippen LogP contribution >= 0.6 is 11.8 Å². The van der Waals surface area contributed by atoms with Gasteiger partial charge in [0.2, 0.25) is 5.76 Å². The van der Waals surface area contributed by atoms with Gasteiger partial charge in [-0.1, -0.05) is 11.8 Å². The molecule has 0 saturated heterocycles. The number of rotatable bonds is 4. The monoisotopic (exact) mass is 275 g/mol. The molecule has 1 heterocycles. The minimum Gasteiger partial charge on any atom is -0.497 e. The number of carbonyl (C=O) groups is 1. The van der Waals surface area contributed by atoms with Crippen LogP contribution < -0.4 is 4.74 Å². The van der Waals surface area contributed by atoms with E-state index < -0.39 is 5.97 Å². The highest BCUT2D eigenvalue weighted by molar-refractivity contribution is 7.99. The van der Waals surface area contributed by atoms with Gasteiger partial charge in [-0.15, -0.1) is 0 Å². The van der Waals surface area contributed by atoms with Crippen molar-refractivity contribution in [2.24, 2.45) is 0 Å². The Morgan fingerprint density at radius 3 is 2.79 bits per heavy atom. The molecule has 96 valence electrons. The van der Waals surface area contributed by atoms with Gasteiger partial charge in [-0.2, -0.15) is 5.26 Å². The lowest BCUT2D eigenvalue weighted by Gasteiger charge is -2.04. The normalized spacial score (nSPS) is 9.89. The zero-order valence-electron chi connectivity index (χ0n) is 9.91. The maximum absolute atomic E-state index is 10.7. The van der Waals surface area contributed by atoms with E-state index in [4.69, 9.17) is 19.5 Å². The Bertz CT molecular complexity index is 657. The summed E-state index contributed by atoms with van der Waals surface area (Å²) in [6, 6.07) is 10.0. The van der Waals surface area contributed by atoms with Crippen molar-refractivity contribution in [2.75, 3.05) is 7.11 Å². The van der Waals surface area contributed by atoms with Crippen LogP contribution in [0.2, 0.25) is 0 Å². The van der Waals surface area contributed by atoms with Gasteiger partial charge >= 0.3 is 5.97 Å². The Hall–Kier alpha value is -2.39. The average molecular weight is 275 g/mol. The Labute approximate surface area is 113 Å². The third-order valence-corrected chi connectivity index (χ3v) is 3.29. The fourth-order valence-electron chi connectivity index (χ4n) is 1.40. The second kappa shape index (κ2) is 5.50. The molecule has 2 rings (SSSR count). The van der Waals surface area contributed by atoms with E-state index in [1.807, 2.05) is 0 Å². The summed E-state index contributed by atoms with van der Waals surface area (Å²) in [6.45, 7) is 0. The van der Waals surface area contributed by atoms with E-state index in [1.54, 1.807) is 24.3 Å². The quantitative estimate of drug-likeness (QED) is 0.923. The molecule has 0 aliphatic heterocycles. The first-order valence-electron chi connectivity index (χ1n) is 5.23. The number of furan rings is 1. The summed E-state index contributed by atoms with van der Waals surface area (Å²) < 4.78 is 10.2. The van der Waals surface area contributed by atoms with Gasteiger partial charge in [0.15, 0.2) is 5.09 Å². The van der Waals surface area contributed by atoms with E-state index in [0.717, 1.165) is 0 Å². The Morgan fingerprint density at radius 1 is 1.42 bits per heavy atom. The van der Waals surface area contributed by atoms with Crippen LogP contribution in [-0.2, 0) is 0 Å². The van der Waals surface area contributed by atoms with Crippen LogP contribution in [0.25, 0.3) is 0 Å². The molecule has 5 nitrogen and oxygen atoms in total. The molecule has 0 amide bonds. The number of hydrogen-bond donors (Lipinski definition) is 1. The molecule has 0 unspecified atom stereocenters. The average Bonchev–Trinajstić information content (AvgIpc) is 2.87.